The summed E-state index contributed by atoms with van der Waals surface area (Å²) in [7, 11) is 1.44. The van der Waals surface area contributed by atoms with Gasteiger partial charge in [0.15, 0.2) is 0 Å². The molecule has 0 bridgehead atoms. The van der Waals surface area contributed by atoms with Gasteiger partial charge in [-0.2, -0.15) is 0 Å². The third kappa shape index (κ3) is 5.15. The third-order valence-electron chi connectivity index (χ3n) is 2.65. The highest BCUT2D eigenvalue weighted by atomic mass is 35.5. The van der Waals surface area contributed by atoms with Crippen molar-refractivity contribution in [1.29, 1.82) is 0 Å². The number of hydrogen-bond donors (Lipinski definition) is 3. The molecule has 0 spiro atoms. The molecule has 1 aromatic rings. The molecular weight excluding hydrogens is 294 g/mol. The summed E-state index contributed by atoms with van der Waals surface area (Å²) < 4.78 is 5.10. The number of nitrogens with one attached hydrogen (secondary N) is 2. The lowest BCUT2D eigenvalue weighted by atomic mass is 10.1. The fraction of sp³-hybridized carbons (Fsp3) is 0.429. The van der Waals surface area contributed by atoms with E-state index in [0.717, 1.165) is 0 Å². The van der Waals surface area contributed by atoms with Crippen LogP contribution in [0, 0.1) is 0 Å². The van der Waals surface area contributed by atoms with Crippen LogP contribution in [-0.2, 0) is 4.79 Å². The number of amides is 2. The Bertz CT molecular complexity index is 532. The number of halogens is 1. The van der Waals surface area contributed by atoms with E-state index in [1.54, 1.807) is 0 Å². The van der Waals surface area contributed by atoms with Gasteiger partial charge in [-0.3, -0.25) is 9.59 Å². The Labute approximate surface area is 129 Å². The highest BCUT2D eigenvalue weighted by Gasteiger charge is 2.15. The average Bonchev–Trinajstić information content (AvgIpc) is 2.40. The van der Waals surface area contributed by atoms with Gasteiger partial charge >= 0.3 is 0 Å². The summed E-state index contributed by atoms with van der Waals surface area (Å²) in [5, 5.41) is 5.66. The van der Waals surface area contributed by atoms with Gasteiger partial charge in [-0.25, -0.2) is 0 Å². The zero-order valence-electron chi connectivity index (χ0n) is 12.3. The lowest BCUT2D eigenvalue weighted by molar-refractivity contribution is -0.121. The monoisotopic (exact) mass is 313 g/mol. The Balaban J connectivity index is 2.64. The van der Waals surface area contributed by atoms with E-state index in [1.807, 2.05) is 13.8 Å². The van der Waals surface area contributed by atoms with Crippen molar-refractivity contribution in [1.82, 2.24) is 10.6 Å². The summed E-state index contributed by atoms with van der Waals surface area (Å²) in [5.74, 6) is -0.153. The van der Waals surface area contributed by atoms with E-state index >= 15 is 0 Å². The largest absolute Gasteiger partial charge is 0.496 e. The Morgan fingerprint density at radius 3 is 2.62 bits per heavy atom. The number of rotatable bonds is 6. The molecule has 0 atom stereocenters. The van der Waals surface area contributed by atoms with Gasteiger partial charge in [-0.05, 0) is 19.9 Å². The summed E-state index contributed by atoms with van der Waals surface area (Å²) in [4.78, 5) is 23.5. The molecule has 6 nitrogen and oxygen atoms in total. The molecule has 1 rings (SSSR count). The van der Waals surface area contributed by atoms with Crippen LogP contribution < -0.4 is 21.1 Å². The molecule has 1 aromatic carbocycles. The van der Waals surface area contributed by atoms with Gasteiger partial charge < -0.3 is 21.1 Å². The quantitative estimate of drug-likeness (QED) is 0.695. The summed E-state index contributed by atoms with van der Waals surface area (Å²) in [6, 6.07) is 3.01. The second kappa shape index (κ2) is 7.73. The molecule has 0 aromatic heterocycles. The van der Waals surface area contributed by atoms with Crippen LogP contribution in [0.1, 0.15) is 30.6 Å². The molecule has 0 aliphatic carbocycles. The van der Waals surface area contributed by atoms with Crippen molar-refractivity contribution in [3.05, 3.63) is 22.7 Å². The van der Waals surface area contributed by atoms with Crippen LogP contribution in [0.4, 0.5) is 5.69 Å². The lowest BCUT2D eigenvalue weighted by Crippen LogP contribution is -2.34. The molecule has 0 unspecified atom stereocenters. The molecule has 0 saturated carbocycles. The van der Waals surface area contributed by atoms with Gasteiger partial charge in [-0.1, -0.05) is 11.6 Å². The SMILES string of the molecule is COc1cc(N)c(Cl)cc1C(=O)NCCC(=O)NC(C)C. The highest BCUT2D eigenvalue weighted by molar-refractivity contribution is 6.33. The second-order valence-electron chi connectivity index (χ2n) is 4.80. The first-order chi connectivity index (χ1) is 9.85. The maximum Gasteiger partial charge on any atom is 0.255 e. The highest BCUT2D eigenvalue weighted by Crippen LogP contribution is 2.28. The predicted molar refractivity (Wildman–Crippen MR) is 82.6 cm³/mol. The number of methoxy groups -OCH3 is 1. The minimum Gasteiger partial charge on any atom is -0.496 e. The van der Waals surface area contributed by atoms with Crippen LogP contribution in [0.3, 0.4) is 0 Å². The average molecular weight is 314 g/mol. The Morgan fingerprint density at radius 2 is 2.05 bits per heavy atom. The van der Waals surface area contributed by atoms with Crippen LogP contribution >= 0.6 is 11.6 Å². The molecule has 0 aliphatic rings. The zero-order chi connectivity index (χ0) is 16.0. The van der Waals surface area contributed by atoms with Crippen LogP contribution in [0.15, 0.2) is 12.1 Å². The number of nitrogen functional groups attached to an aromatic ring is 1. The molecule has 0 radical (unpaired) electrons. The summed E-state index contributed by atoms with van der Waals surface area (Å²) in [6.07, 6.45) is 0.203. The first-order valence-electron chi connectivity index (χ1n) is 6.55. The topological polar surface area (TPSA) is 93.4 Å². The number of nitrogens with two attached hydrogens (primary N) is 1. The Morgan fingerprint density at radius 1 is 1.38 bits per heavy atom. The Kier molecular flexibility index (Phi) is 6.30. The van der Waals surface area contributed by atoms with E-state index < -0.39 is 0 Å². The van der Waals surface area contributed by atoms with E-state index in [2.05, 4.69) is 10.6 Å². The van der Waals surface area contributed by atoms with Gasteiger partial charge in [0.2, 0.25) is 5.91 Å². The van der Waals surface area contributed by atoms with Crippen molar-refractivity contribution in [2.75, 3.05) is 19.4 Å². The van der Waals surface area contributed by atoms with Gasteiger partial charge in [0.25, 0.3) is 5.91 Å². The smallest absolute Gasteiger partial charge is 0.255 e. The zero-order valence-corrected chi connectivity index (χ0v) is 13.1. The molecule has 0 aliphatic heterocycles. The third-order valence-corrected chi connectivity index (χ3v) is 2.98. The van der Waals surface area contributed by atoms with Crippen molar-refractivity contribution in [3.63, 3.8) is 0 Å². The van der Waals surface area contributed by atoms with Gasteiger partial charge in [0.05, 0.1) is 23.4 Å². The number of carbonyl (C=O) groups is 2. The first-order valence-corrected chi connectivity index (χ1v) is 6.93. The first kappa shape index (κ1) is 17.1. The molecule has 7 heteroatoms. The lowest BCUT2D eigenvalue weighted by Gasteiger charge is -2.12. The summed E-state index contributed by atoms with van der Waals surface area (Å²) in [5.41, 5.74) is 6.27. The molecule has 0 saturated heterocycles. The maximum atomic E-state index is 12.1. The minimum atomic E-state index is -0.369. The van der Waals surface area contributed by atoms with Crippen LogP contribution in [0.5, 0.6) is 5.75 Å². The molecule has 21 heavy (non-hydrogen) atoms. The number of benzene rings is 1. The van der Waals surface area contributed by atoms with E-state index in [9.17, 15) is 9.59 Å². The second-order valence-corrected chi connectivity index (χ2v) is 5.21. The van der Waals surface area contributed by atoms with E-state index in [4.69, 9.17) is 22.1 Å². The maximum absolute atomic E-state index is 12.1. The standard InChI is InChI=1S/C14H20ClN3O3/c1-8(2)18-13(19)4-5-17-14(20)9-6-10(15)11(16)7-12(9)21-3/h6-8H,4-5,16H2,1-3H3,(H,17,20)(H,18,19). The molecule has 0 heterocycles. The van der Waals surface area contributed by atoms with Crippen molar-refractivity contribution in [3.8, 4) is 5.75 Å². The van der Waals surface area contributed by atoms with E-state index in [1.165, 1.54) is 19.2 Å². The number of ether oxygens (including phenoxy) is 1. The van der Waals surface area contributed by atoms with Crippen molar-refractivity contribution in [2.45, 2.75) is 26.3 Å². The van der Waals surface area contributed by atoms with Gasteiger partial charge in [0.1, 0.15) is 5.75 Å². The van der Waals surface area contributed by atoms with Crippen LogP contribution in [0.2, 0.25) is 5.02 Å². The predicted octanol–water partition coefficient (Wildman–Crippen LogP) is 1.58. The van der Waals surface area contributed by atoms with Gasteiger partial charge in [-0.15, -0.1) is 0 Å². The fourth-order valence-corrected chi connectivity index (χ4v) is 1.86. The van der Waals surface area contributed by atoms with Gasteiger partial charge in [0, 0.05) is 25.1 Å². The number of anilines is 1. The molecule has 116 valence electrons. The Hall–Kier alpha value is -1.95. The van der Waals surface area contributed by atoms with Crippen molar-refractivity contribution < 1.29 is 14.3 Å². The van der Waals surface area contributed by atoms with Crippen molar-refractivity contribution in [2.24, 2.45) is 0 Å². The summed E-state index contributed by atoms with van der Waals surface area (Å²) >= 11 is 5.90. The van der Waals surface area contributed by atoms with Crippen LogP contribution in [0.25, 0.3) is 0 Å². The molecule has 2 amide bonds. The fourth-order valence-electron chi connectivity index (χ4n) is 1.69. The van der Waals surface area contributed by atoms with Crippen LogP contribution in [-0.4, -0.2) is 31.5 Å². The van der Waals surface area contributed by atoms with E-state index in [0.29, 0.717) is 11.4 Å². The molecule has 4 N–H and O–H groups in total. The van der Waals surface area contributed by atoms with Crippen molar-refractivity contribution >= 4 is 29.1 Å². The number of hydrogen-bond acceptors (Lipinski definition) is 4. The molecule has 0 fully saturated rings. The summed E-state index contributed by atoms with van der Waals surface area (Å²) in [6.45, 7) is 3.97. The minimum absolute atomic E-state index is 0.0733. The molecular formula is C14H20ClN3O3. The van der Waals surface area contributed by atoms with E-state index in [-0.39, 0.29) is 41.4 Å². The number of carbonyl (C=O) groups excluding carboxylic acids is 2. The normalized spacial score (nSPS) is 10.3.